The van der Waals surface area contributed by atoms with E-state index in [1.54, 1.807) is 105 Å². The highest BCUT2D eigenvalue weighted by Crippen LogP contribution is 2.36. The Balaban J connectivity index is 0.000000207. The Bertz CT molecular complexity index is 3360. The molecule has 0 unspecified atom stereocenters. The minimum atomic E-state index is -2.88. The monoisotopic (exact) mass is 1130 g/mol. The molecule has 0 spiro atoms. The second-order valence-corrected chi connectivity index (χ2v) is 21.8. The van der Waals surface area contributed by atoms with Crippen molar-refractivity contribution in [2.24, 2.45) is 0 Å². The summed E-state index contributed by atoms with van der Waals surface area (Å²) >= 11 is 3.43. The molecule has 2 fully saturated rings. The summed E-state index contributed by atoms with van der Waals surface area (Å²) in [4.78, 5) is 61.8. The summed E-state index contributed by atoms with van der Waals surface area (Å²) in [6, 6.07) is 19.7. The summed E-state index contributed by atoms with van der Waals surface area (Å²) in [6.45, 7) is 11.8. The number of nitrogens with one attached hydrogen (secondary N) is 2. The molecule has 2 aliphatic carbocycles. The van der Waals surface area contributed by atoms with Crippen molar-refractivity contribution < 1.29 is 55.3 Å². The average molecular weight is 1130 g/mol. The van der Waals surface area contributed by atoms with E-state index in [0.29, 0.717) is 38.2 Å². The van der Waals surface area contributed by atoms with Gasteiger partial charge in [0, 0.05) is 57.1 Å². The molecule has 4 aromatic heterocycles. The first kappa shape index (κ1) is 55.7. The summed E-state index contributed by atoms with van der Waals surface area (Å²) in [6.07, 6.45) is 2.91. The second kappa shape index (κ2) is 22.6. The van der Waals surface area contributed by atoms with Crippen molar-refractivity contribution in [3.05, 3.63) is 130 Å². The Morgan fingerprint density at radius 2 is 1.10 bits per heavy atom. The number of nitrogens with zero attached hydrogens (tertiary/aromatic N) is 6. The molecule has 15 nitrogen and oxygen atoms in total. The molecule has 3 aromatic carbocycles. The first-order chi connectivity index (χ1) is 36.3. The fourth-order valence-corrected chi connectivity index (χ4v) is 8.64. The highest BCUT2D eigenvalue weighted by molar-refractivity contribution is 9.10. The van der Waals surface area contributed by atoms with Crippen molar-refractivity contribution in [2.45, 2.75) is 117 Å². The lowest BCUT2D eigenvalue weighted by molar-refractivity contribution is 0.0536. The molecule has 2 saturated carbocycles. The van der Waals surface area contributed by atoms with Gasteiger partial charge in [0.1, 0.15) is 28.5 Å². The summed E-state index contributed by atoms with van der Waals surface area (Å²) in [5, 5.41) is 5.97. The number of hydrogen-bond donors (Lipinski definition) is 2. The van der Waals surface area contributed by atoms with E-state index >= 15 is 0 Å². The van der Waals surface area contributed by atoms with Gasteiger partial charge in [0.2, 0.25) is 0 Å². The second-order valence-electron chi connectivity index (χ2n) is 20.9. The van der Waals surface area contributed by atoms with E-state index in [0.717, 1.165) is 52.2 Å². The van der Waals surface area contributed by atoms with E-state index in [4.69, 9.17) is 14.2 Å². The fraction of sp³-hybridized carbons (Fsp3) is 0.357. The molecule has 0 aliphatic heterocycles. The predicted molar refractivity (Wildman–Crippen MR) is 285 cm³/mol. The molecule has 4 heterocycles. The first-order valence-electron chi connectivity index (χ1n) is 24.8. The molecule has 0 radical (unpaired) electrons. The van der Waals surface area contributed by atoms with Crippen LogP contribution in [-0.4, -0.2) is 92.0 Å². The van der Waals surface area contributed by atoms with Crippen molar-refractivity contribution in [1.82, 2.24) is 29.4 Å². The van der Waals surface area contributed by atoms with Gasteiger partial charge in [0.15, 0.2) is 11.3 Å². The quantitative estimate of drug-likeness (QED) is 0.101. The van der Waals surface area contributed by atoms with Crippen molar-refractivity contribution in [2.75, 3.05) is 22.9 Å². The standard InChI is InChI=1S/C31H31F3N4O4.C25H27BrF2N4O3/c1-18-12-19(8-11-24(18)29(39)36-21-9-10-21)26-15-35-28-25(38(17-27(33)34)30(40)42-31(2,3)4)14-23(16-37(26)28)41-22-7-5-6-20(32)13-22;1-14-9-15(5-8-18(14)23(33)30-17-6-7-17)20-11-29-22-19(10-16(26)12-31(20)22)32(13-21(27)28)24(34)35-25(2,3)4/h5-8,11-16,21,27H,9-10,17H2,1-4H3,(H,36,39);5,8-12,17,21H,6-7,13H2,1-4H3,(H,30,33). The van der Waals surface area contributed by atoms with Crippen LogP contribution in [0.2, 0.25) is 0 Å². The fourth-order valence-electron chi connectivity index (χ4n) is 8.22. The van der Waals surface area contributed by atoms with E-state index in [1.807, 2.05) is 32.0 Å². The third-order valence-electron chi connectivity index (χ3n) is 12.0. The van der Waals surface area contributed by atoms with Gasteiger partial charge in [-0.05, 0) is 151 Å². The molecule has 77 heavy (non-hydrogen) atoms. The molecule has 21 heteroatoms. The number of rotatable bonds is 14. The molecular weight excluding hydrogens is 1070 g/mol. The lowest BCUT2D eigenvalue weighted by atomic mass is 10.0. The molecule has 2 N–H and O–H groups in total. The van der Waals surface area contributed by atoms with Crippen LogP contribution in [0.25, 0.3) is 33.8 Å². The Morgan fingerprint density at radius 1 is 0.649 bits per heavy atom. The molecule has 9 rings (SSSR count). The van der Waals surface area contributed by atoms with Crippen LogP contribution in [0.1, 0.15) is 99.1 Å². The van der Waals surface area contributed by atoms with E-state index < -0.39 is 55.1 Å². The van der Waals surface area contributed by atoms with Crippen molar-refractivity contribution in [3.8, 4) is 34.0 Å². The molecule has 406 valence electrons. The zero-order chi connectivity index (χ0) is 55.7. The molecule has 4 amide bonds. The number of imidazole rings is 2. The van der Waals surface area contributed by atoms with Crippen LogP contribution in [0.4, 0.5) is 42.9 Å². The number of aromatic nitrogens is 4. The Morgan fingerprint density at radius 3 is 1.52 bits per heavy atom. The summed E-state index contributed by atoms with van der Waals surface area (Å²) in [5.41, 5.74) is 4.32. The molecular formula is C56H58BrF5N8O7. The van der Waals surface area contributed by atoms with Gasteiger partial charge in [-0.3, -0.25) is 28.2 Å². The highest BCUT2D eigenvalue weighted by Gasteiger charge is 2.32. The lowest BCUT2D eigenvalue weighted by Crippen LogP contribution is -2.40. The number of aryl methyl sites for hydroxylation is 2. The van der Waals surface area contributed by atoms with E-state index in [-0.39, 0.29) is 52.4 Å². The van der Waals surface area contributed by atoms with Crippen molar-refractivity contribution >= 4 is 62.6 Å². The zero-order valence-corrected chi connectivity index (χ0v) is 45.2. The van der Waals surface area contributed by atoms with Gasteiger partial charge in [-0.25, -0.2) is 41.5 Å². The number of carbonyl (C=O) groups excluding carboxylic acids is 4. The molecule has 7 aromatic rings. The zero-order valence-electron chi connectivity index (χ0n) is 43.6. The van der Waals surface area contributed by atoms with Crippen LogP contribution < -0.4 is 25.2 Å². The minimum Gasteiger partial charge on any atom is -0.456 e. The molecule has 0 saturated heterocycles. The van der Waals surface area contributed by atoms with E-state index in [1.165, 1.54) is 24.3 Å². The van der Waals surface area contributed by atoms with Gasteiger partial charge in [0.25, 0.3) is 24.7 Å². The summed E-state index contributed by atoms with van der Waals surface area (Å²) in [5.74, 6) is -0.456. The average Bonchev–Trinajstić information content (AvgIpc) is 4.27. The number of halogens is 6. The SMILES string of the molecule is Cc1cc(-c2cnc3c(N(CC(F)F)C(=O)OC(C)(C)C)cc(Br)cn23)ccc1C(=O)NC1CC1.Cc1cc(-c2cnc3c(N(CC(F)F)C(=O)OC(C)(C)C)cc(Oc4cccc(F)c4)cn23)ccc1C(=O)NC1CC1. The Hall–Kier alpha value is -7.55. The molecule has 0 bridgehead atoms. The number of amides is 4. The van der Waals surface area contributed by atoms with Gasteiger partial charge >= 0.3 is 12.2 Å². The largest absolute Gasteiger partial charge is 0.456 e. The van der Waals surface area contributed by atoms with E-state index in [2.05, 4.69) is 36.5 Å². The number of alkyl halides is 4. The number of hydrogen-bond acceptors (Lipinski definition) is 9. The van der Waals surface area contributed by atoms with Crippen LogP contribution in [0.3, 0.4) is 0 Å². The maximum atomic E-state index is 13.9. The van der Waals surface area contributed by atoms with Gasteiger partial charge in [-0.15, -0.1) is 0 Å². The third-order valence-corrected chi connectivity index (χ3v) is 12.4. The van der Waals surface area contributed by atoms with Gasteiger partial charge in [0.05, 0.1) is 54.4 Å². The third kappa shape index (κ3) is 14.1. The topological polar surface area (TPSA) is 161 Å². The number of anilines is 2. The van der Waals surface area contributed by atoms with Crippen LogP contribution in [0, 0.1) is 19.7 Å². The minimum absolute atomic E-state index is 0.0156. The number of ether oxygens (including phenoxy) is 3. The van der Waals surface area contributed by atoms with Crippen LogP contribution in [0.5, 0.6) is 11.5 Å². The van der Waals surface area contributed by atoms with Crippen LogP contribution >= 0.6 is 15.9 Å². The number of carbonyl (C=O) groups is 4. The van der Waals surface area contributed by atoms with E-state index in [9.17, 15) is 41.1 Å². The predicted octanol–water partition coefficient (Wildman–Crippen LogP) is 13.1. The summed E-state index contributed by atoms with van der Waals surface area (Å²) < 4.78 is 89.0. The van der Waals surface area contributed by atoms with Gasteiger partial charge < -0.3 is 24.8 Å². The number of fused-ring (bicyclic) bond motifs is 2. The molecule has 2 aliphatic rings. The normalized spacial score (nSPS) is 13.6. The smallest absolute Gasteiger partial charge is 0.415 e. The Labute approximate surface area is 449 Å². The van der Waals surface area contributed by atoms with Crippen molar-refractivity contribution in [1.29, 1.82) is 0 Å². The number of benzene rings is 3. The van der Waals surface area contributed by atoms with Crippen molar-refractivity contribution in [3.63, 3.8) is 0 Å². The summed E-state index contributed by atoms with van der Waals surface area (Å²) in [7, 11) is 0. The Kier molecular flexibility index (Phi) is 16.3. The first-order valence-corrected chi connectivity index (χ1v) is 25.6. The highest BCUT2D eigenvalue weighted by atomic mass is 79.9. The molecule has 0 atom stereocenters. The van der Waals surface area contributed by atoms with Gasteiger partial charge in [-0.1, -0.05) is 18.2 Å². The van der Waals surface area contributed by atoms with Crippen LogP contribution in [0.15, 0.2) is 102 Å². The van der Waals surface area contributed by atoms with Crippen LogP contribution in [-0.2, 0) is 9.47 Å². The maximum absolute atomic E-state index is 13.9. The maximum Gasteiger partial charge on any atom is 0.415 e. The van der Waals surface area contributed by atoms with Gasteiger partial charge in [-0.2, -0.15) is 0 Å². The lowest BCUT2D eigenvalue weighted by Gasteiger charge is -2.27. The number of pyridine rings is 2.